The summed E-state index contributed by atoms with van der Waals surface area (Å²) in [6.45, 7) is 1.67. The summed E-state index contributed by atoms with van der Waals surface area (Å²) in [5.41, 5.74) is 0.554. The van der Waals surface area contributed by atoms with Crippen LogP contribution in [0.4, 0.5) is 4.39 Å². The molecule has 0 amide bonds. The van der Waals surface area contributed by atoms with Gasteiger partial charge in [-0.05, 0) is 24.1 Å². The van der Waals surface area contributed by atoms with Crippen LogP contribution >= 0.6 is 0 Å². The number of rotatable bonds is 5. The smallest absolute Gasteiger partial charge is 0.319 e. The Bertz CT molecular complexity index is 406. The Kier molecular flexibility index (Phi) is 4.61. The number of carboxylic acid groups (broad SMARTS) is 1. The lowest BCUT2D eigenvalue weighted by molar-refractivity contribution is -0.136. The minimum absolute atomic E-state index is 0.0720. The quantitative estimate of drug-likeness (QED) is 0.861. The van der Waals surface area contributed by atoms with Crippen LogP contribution in [0.5, 0.6) is 0 Å². The van der Waals surface area contributed by atoms with Gasteiger partial charge in [-0.15, -0.1) is 0 Å². The van der Waals surface area contributed by atoms with Gasteiger partial charge in [-0.1, -0.05) is 19.1 Å². The lowest BCUT2D eigenvalue weighted by atomic mass is 10.2. The van der Waals surface area contributed by atoms with Gasteiger partial charge in [0.2, 0.25) is 0 Å². The van der Waals surface area contributed by atoms with Gasteiger partial charge in [-0.2, -0.15) is 0 Å². The van der Waals surface area contributed by atoms with Gasteiger partial charge in [-0.3, -0.25) is 9.00 Å². The summed E-state index contributed by atoms with van der Waals surface area (Å²) in [5.74, 6) is -1.40. The summed E-state index contributed by atoms with van der Waals surface area (Å²) < 4.78 is 24.5. The van der Waals surface area contributed by atoms with Crippen molar-refractivity contribution >= 4 is 16.8 Å². The Balaban J connectivity index is 2.74. The molecule has 1 aromatic rings. The fourth-order valence-electron chi connectivity index (χ4n) is 1.36. The minimum atomic E-state index is -1.51. The molecule has 0 spiro atoms. The van der Waals surface area contributed by atoms with Crippen molar-refractivity contribution in [1.82, 2.24) is 0 Å². The molecule has 2 unspecified atom stereocenters. The maximum Gasteiger partial charge on any atom is 0.319 e. The SMILES string of the molecule is CCC(C(=O)O)S(=O)Cc1cccc(F)c1. The lowest BCUT2D eigenvalue weighted by Gasteiger charge is -2.09. The van der Waals surface area contributed by atoms with Crippen LogP contribution in [0.15, 0.2) is 24.3 Å². The Labute approximate surface area is 95.8 Å². The Hall–Kier alpha value is -1.23. The van der Waals surface area contributed by atoms with Crippen molar-refractivity contribution in [1.29, 1.82) is 0 Å². The van der Waals surface area contributed by atoms with Crippen molar-refractivity contribution in [2.45, 2.75) is 24.3 Å². The molecule has 1 aromatic carbocycles. The highest BCUT2D eigenvalue weighted by Crippen LogP contribution is 2.11. The van der Waals surface area contributed by atoms with E-state index in [1.807, 2.05) is 0 Å². The molecule has 5 heteroatoms. The Morgan fingerprint density at radius 3 is 2.75 bits per heavy atom. The third-order valence-corrected chi connectivity index (χ3v) is 3.95. The second-order valence-corrected chi connectivity index (χ2v) is 5.01. The van der Waals surface area contributed by atoms with E-state index in [9.17, 15) is 13.4 Å². The van der Waals surface area contributed by atoms with Gasteiger partial charge in [-0.25, -0.2) is 4.39 Å². The van der Waals surface area contributed by atoms with E-state index < -0.39 is 27.8 Å². The van der Waals surface area contributed by atoms with Crippen LogP contribution in [-0.4, -0.2) is 20.5 Å². The van der Waals surface area contributed by atoms with Crippen LogP contribution in [0, 0.1) is 5.82 Å². The molecule has 0 aliphatic carbocycles. The maximum absolute atomic E-state index is 12.8. The van der Waals surface area contributed by atoms with Gasteiger partial charge in [0.15, 0.2) is 0 Å². The van der Waals surface area contributed by atoms with Gasteiger partial charge < -0.3 is 5.11 Å². The molecule has 0 aliphatic heterocycles. The number of hydrogen-bond donors (Lipinski definition) is 1. The van der Waals surface area contributed by atoms with Crippen molar-refractivity contribution in [3.63, 3.8) is 0 Å². The summed E-state index contributed by atoms with van der Waals surface area (Å²) in [7, 11) is -1.51. The molecule has 0 fully saturated rings. The average molecular weight is 244 g/mol. The predicted octanol–water partition coefficient (Wildman–Crippen LogP) is 1.94. The van der Waals surface area contributed by atoms with Crippen LogP contribution in [0.25, 0.3) is 0 Å². The zero-order chi connectivity index (χ0) is 12.1. The van der Waals surface area contributed by atoms with E-state index in [0.717, 1.165) is 0 Å². The third-order valence-electron chi connectivity index (χ3n) is 2.16. The molecule has 0 heterocycles. The number of hydrogen-bond acceptors (Lipinski definition) is 2. The maximum atomic E-state index is 12.8. The zero-order valence-corrected chi connectivity index (χ0v) is 9.67. The third kappa shape index (κ3) is 3.41. The Morgan fingerprint density at radius 2 is 2.25 bits per heavy atom. The van der Waals surface area contributed by atoms with Crippen LogP contribution in [0.2, 0.25) is 0 Å². The van der Waals surface area contributed by atoms with E-state index >= 15 is 0 Å². The fourth-order valence-corrected chi connectivity index (χ4v) is 2.67. The van der Waals surface area contributed by atoms with E-state index in [2.05, 4.69) is 0 Å². The Morgan fingerprint density at radius 1 is 1.56 bits per heavy atom. The molecule has 3 nitrogen and oxygen atoms in total. The largest absolute Gasteiger partial charge is 0.480 e. The predicted molar refractivity (Wildman–Crippen MR) is 60.0 cm³/mol. The fraction of sp³-hybridized carbons (Fsp3) is 0.364. The summed E-state index contributed by atoms with van der Waals surface area (Å²) in [6.07, 6.45) is 0.303. The molecule has 0 aromatic heterocycles. The number of aliphatic carboxylic acids is 1. The van der Waals surface area contributed by atoms with E-state index in [1.165, 1.54) is 18.2 Å². The number of halogens is 1. The molecule has 88 valence electrons. The highest BCUT2D eigenvalue weighted by Gasteiger charge is 2.22. The van der Waals surface area contributed by atoms with Crippen molar-refractivity contribution in [3.8, 4) is 0 Å². The molecule has 0 saturated heterocycles. The van der Waals surface area contributed by atoms with Gasteiger partial charge in [0, 0.05) is 16.6 Å². The second-order valence-electron chi connectivity index (χ2n) is 3.39. The van der Waals surface area contributed by atoms with Crippen LogP contribution in [-0.2, 0) is 21.3 Å². The minimum Gasteiger partial charge on any atom is -0.480 e. The first kappa shape index (κ1) is 12.8. The standard InChI is InChI=1S/C11H13FO3S/c1-2-10(11(13)14)16(15)7-8-4-3-5-9(12)6-8/h3-6,10H,2,7H2,1H3,(H,13,14). The molecule has 16 heavy (non-hydrogen) atoms. The monoisotopic (exact) mass is 244 g/mol. The van der Waals surface area contributed by atoms with E-state index in [4.69, 9.17) is 5.11 Å². The van der Waals surface area contributed by atoms with Crippen LogP contribution < -0.4 is 0 Å². The molecule has 2 atom stereocenters. The highest BCUT2D eigenvalue weighted by atomic mass is 32.2. The van der Waals surface area contributed by atoms with Crippen molar-refractivity contribution in [3.05, 3.63) is 35.6 Å². The molecule has 0 saturated carbocycles. The summed E-state index contributed by atoms with van der Waals surface area (Å²) in [5, 5.41) is 7.92. The molecular formula is C11H13FO3S. The highest BCUT2D eigenvalue weighted by molar-refractivity contribution is 7.85. The van der Waals surface area contributed by atoms with E-state index in [-0.39, 0.29) is 5.75 Å². The molecule has 0 bridgehead atoms. The summed E-state index contributed by atoms with van der Waals surface area (Å²) in [4.78, 5) is 10.8. The first-order valence-electron chi connectivity index (χ1n) is 4.89. The number of carboxylic acids is 1. The van der Waals surface area contributed by atoms with Crippen LogP contribution in [0.1, 0.15) is 18.9 Å². The van der Waals surface area contributed by atoms with Gasteiger partial charge in [0.05, 0.1) is 0 Å². The normalized spacial score (nSPS) is 14.4. The number of carbonyl (C=O) groups is 1. The molecular weight excluding hydrogens is 231 g/mol. The molecule has 1 rings (SSSR count). The average Bonchev–Trinajstić information content (AvgIpc) is 2.17. The number of benzene rings is 1. The molecule has 0 radical (unpaired) electrons. The zero-order valence-electron chi connectivity index (χ0n) is 8.85. The van der Waals surface area contributed by atoms with Crippen molar-refractivity contribution < 1.29 is 18.5 Å². The van der Waals surface area contributed by atoms with E-state index in [1.54, 1.807) is 13.0 Å². The van der Waals surface area contributed by atoms with Crippen LogP contribution in [0.3, 0.4) is 0 Å². The van der Waals surface area contributed by atoms with E-state index in [0.29, 0.717) is 12.0 Å². The summed E-state index contributed by atoms with van der Waals surface area (Å²) in [6, 6.07) is 5.71. The van der Waals surface area contributed by atoms with Gasteiger partial charge in [0.25, 0.3) is 0 Å². The van der Waals surface area contributed by atoms with Crippen molar-refractivity contribution in [2.24, 2.45) is 0 Å². The topological polar surface area (TPSA) is 54.4 Å². The molecule has 0 aliphatic rings. The second kappa shape index (κ2) is 5.75. The lowest BCUT2D eigenvalue weighted by Crippen LogP contribution is -2.25. The van der Waals surface area contributed by atoms with Crippen molar-refractivity contribution in [2.75, 3.05) is 0 Å². The van der Waals surface area contributed by atoms with Gasteiger partial charge >= 0.3 is 5.97 Å². The van der Waals surface area contributed by atoms with Gasteiger partial charge in [0.1, 0.15) is 11.1 Å². The molecule has 1 N–H and O–H groups in total. The first-order chi connectivity index (χ1) is 7.54. The first-order valence-corrected chi connectivity index (χ1v) is 6.27. The summed E-state index contributed by atoms with van der Waals surface area (Å²) >= 11 is 0.